The van der Waals surface area contributed by atoms with Crippen LogP contribution in [0.3, 0.4) is 0 Å². The van der Waals surface area contributed by atoms with Crippen molar-refractivity contribution >= 4 is 0 Å². The van der Waals surface area contributed by atoms with Gasteiger partial charge in [-0.1, -0.05) is 43.2 Å². The van der Waals surface area contributed by atoms with Crippen molar-refractivity contribution < 1.29 is 9.84 Å². The van der Waals surface area contributed by atoms with Gasteiger partial charge in [0.2, 0.25) is 0 Å². The number of aliphatic hydroxyl groups is 1. The highest BCUT2D eigenvalue weighted by molar-refractivity contribution is 5.17. The van der Waals surface area contributed by atoms with E-state index in [4.69, 9.17) is 10.5 Å². The van der Waals surface area contributed by atoms with Gasteiger partial charge in [0.1, 0.15) is 6.10 Å². The second-order valence-corrected chi connectivity index (χ2v) is 5.08. The minimum Gasteiger partial charge on any atom is -0.386 e. The van der Waals surface area contributed by atoms with Gasteiger partial charge in [0.25, 0.3) is 0 Å². The van der Waals surface area contributed by atoms with Gasteiger partial charge in [0.15, 0.2) is 0 Å². The molecule has 3 heteroatoms. The summed E-state index contributed by atoms with van der Waals surface area (Å²) in [6.45, 7) is 1.05. The molecule has 3 atom stereocenters. The molecule has 0 aromatic heterocycles. The first kappa shape index (κ1) is 13.5. The largest absolute Gasteiger partial charge is 0.386 e. The standard InChI is InChI=1S/C15H23NO2/c16-10-13-8-4-5-9-15(13)18-11-14(17)12-6-2-1-3-7-12/h1-3,6-7,13-15,17H,4-5,8-11,16H2. The molecule has 0 aliphatic heterocycles. The predicted octanol–water partition coefficient (Wildman–Crippen LogP) is 2.25. The van der Waals surface area contributed by atoms with Crippen molar-refractivity contribution in [1.29, 1.82) is 0 Å². The van der Waals surface area contributed by atoms with Crippen molar-refractivity contribution in [2.24, 2.45) is 11.7 Å². The van der Waals surface area contributed by atoms with Gasteiger partial charge in [-0.15, -0.1) is 0 Å². The summed E-state index contributed by atoms with van der Waals surface area (Å²) in [6.07, 6.45) is 4.38. The fourth-order valence-corrected chi connectivity index (χ4v) is 2.65. The molecule has 2 rings (SSSR count). The van der Waals surface area contributed by atoms with E-state index in [2.05, 4.69) is 0 Å². The van der Waals surface area contributed by atoms with E-state index in [0.29, 0.717) is 19.1 Å². The molecule has 0 spiro atoms. The number of ether oxygens (including phenoxy) is 1. The lowest BCUT2D eigenvalue weighted by atomic mass is 9.86. The molecule has 0 amide bonds. The third-order valence-corrected chi connectivity index (χ3v) is 3.79. The molecule has 100 valence electrons. The smallest absolute Gasteiger partial charge is 0.102 e. The zero-order chi connectivity index (χ0) is 12.8. The first-order valence-electron chi connectivity index (χ1n) is 6.86. The molecule has 3 unspecified atom stereocenters. The molecule has 18 heavy (non-hydrogen) atoms. The number of aliphatic hydroxyl groups excluding tert-OH is 1. The Bertz CT molecular complexity index is 342. The summed E-state index contributed by atoms with van der Waals surface area (Å²) in [5.74, 6) is 0.460. The van der Waals surface area contributed by atoms with Crippen molar-refractivity contribution in [2.45, 2.75) is 37.9 Å². The molecular weight excluding hydrogens is 226 g/mol. The Morgan fingerprint density at radius 1 is 1.22 bits per heavy atom. The number of hydrogen-bond donors (Lipinski definition) is 2. The third-order valence-electron chi connectivity index (χ3n) is 3.79. The van der Waals surface area contributed by atoms with Gasteiger partial charge in [0, 0.05) is 0 Å². The van der Waals surface area contributed by atoms with Crippen molar-refractivity contribution in [2.75, 3.05) is 13.2 Å². The van der Waals surface area contributed by atoms with E-state index in [1.807, 2.05) is 30.3 Å². The summed E-state index contributed by atoms with van der Waals surface area (Å²) in [5, 5.41) is 10.1. The van der Waals surface area contributed by atoms with E-state index < -0.39 is 6.10 Å². The molecule has 1 aliphatic carbocycles. The summed E-state index contributed by atoms with van der Waals surface area (Å²) in [4.78, 5) is 0. The molecule has 3 N–H and O–H groups in total. The fourth-order valence-electron chi connectivity index (χ4n) is 2.65. The SMILES string of the molecule is NCC1CCCCC1OCC(O)c1ccccc1. The van der Waals surface area contributed by atoms with Gasteiger partial charge in [-0.05, 0) is 30.9 Å². The lowest BCUT2D eigenvalue weighted by molar-refractivity contribution is -0.0487. The maximum atomic E-state index is 10.1. The number of benzene rings is 1. The first-order chi connectivity index (χ1) is 8.81. The van der Waals surface area contributed by atoms with Crippen LogP contribution in [0.25, 0.3) is 0 Å². The summed E-state index contributed by atoms with van der Waals surface area (Å²) in [7, 11) is 0. The second-order valence-electron chi connectivity index (χ2n) is 5.08. The zero-order valence-electron chi connectivity index (χ0n) is 10.8. The predicted molar refractivity (Wildman–Crippen MR) is 72.2 cm³/mol. The van der Waals surface area contributed by atoms with Crippen LogP contribution in [-0.2, 0) is 4.74 Å². The summed E-state index contributed by atoms with van der Waals surface area (Å²) < 4.78 is 5.87. The number of hydrogen-bond acceptors (Lipinski definition) is 3. The molecule has 0 saturated heterocycles. The first-order valence-corrected chi connectivity index (χ1v) is 6.86. The van der Waals surface area contributed by atoms with Crippen LogP contribution in [0, 0.1) is 5.92 Å². The monoisotopic (exact) mass is 249 g/mol. The molecular formula is C15H23NO2. The van der Waals surface area contributed by atoms with Crippen molar-refractivity contribution in [3.63, 3.8) is 0 Å². The van der Waals surface area contributed by atoms with E-state index in [1.165, 1.54) is 12.8 Å². The van der Waals surface area contributed by atoms with Crippen molar-refractivity contribution in [3.8, 4) is 0 Å². The van der Waals surface area contributed by atoms with E-state index >= 15 is 0 Å². The summed E-state index contributed by atoms with van der Waals surface area (Å²) in [5.41, 5.74) is 6.68. The van der Waals surface area contributed by atoms with E-state index in [1.54, 1.807) is 0 Å². The maximum absolute atomic E-state index is 10.1. The highest BCUT2D eigenvalue weighted by atomic mass is 16.5. The van der Waals surface area contributed by atoms with Gasteiger partial charge >= 0.3 is 0 Å². The van der Waals surface area contributed by atoms with Crippen LogP contribution >= 0.6 is 0 Å². The molecule has 3 nitrogen and oxygen atoms in total. The van der Waals surface area contributed by atoms with Crippen LogP contribution < -0.4 is 5.73 Å². The lowest BCUT2D eigenvalue weighted by Gasteiger charge is -2.31. The topological polar surface area (TPSA) is 55.5 Å². The Morgan fingerprint density at radius 2 is 1.94 bits per heavy atom. The third kappa shape index (κ3) is 3.55. The Hall–Kier alpha value is -0.900. The van der Waals surface area contributed by atoms with Gasteiger partial charge in [0.05, 0.1) is 12.7 Å². The van der Waals surface area contributed by atoms with Gasteiger partial charge in [-0.3, -0.25) is 0 Å². The normalized spacial score (nSPS) is 25.9. The average Bonchev–Trinajstić information content (AvgIpc) is 2.46. The highest BCUT2D eigenvalue weighted by Crippen LogP contribution is 2.27. The Morgan fingerprint density at radius 3 is 2.67 bits per heavy atom. The molecule has 0 radical (unpaired) electrons. The molecule has 1 fully saturated rings. The second kappa shape index (κ2) is 6.88. The lowest BCUT2D eigenvalue weighted by Crippen LogP contribution is -2.34. The highest BCUT2D eigenvalue weighted by Gasteiger charge is 2.25. The van der Waals surface area contributed by atoms with Crippen LogP contribution in [0.2, 0.25) is 0 Å². The summed E-state index contributed by atoms with van der Waals surface area (Å²) >= 11 is 0. The molecule has 1 aromatic carbocycles. The summed E-state index contributed by atoms with van der Waals surface area (Å²) in [6, 6.07) is 9.66. The molecule has 1 aliphatic rings. The van der Waals surface area contributed by atoms with Crippen LogP contribution in [0.15, 0.2) is 30.3 Å². The minimum atomic E-state index is -0.536. The van der Waals surface area contributed by atoms with Crippen LogP contribution in [-0.4, -0.2) is 24.4 Å². The minimum absolute atomic E-state index is 0.224. The quantitative estimate of drug-likeness (QED) is 0.841. The van der Waals surface area contributed by atoms with Crippen LogP contribution in [0.4, 0.5) is 0 Å². The Balaban J connectivity index is 1.83. The molecule has 1 saturated carbocycles. The van der Waals surface area contributed by atoms with Crippen molar-refractivity contribution in [3.05, 3.63) is 35.9 Å². The average molecular weight is 249 g/mol. The molecule has 0 bridgehead atoms. The van der Waals surface area contributed by atoms with Gasteiger partial charge in [-0.25, -0.2) is 0 Å². The number of nitrogens with two attached hydrogens (primary N) is 1. The van der Waals surface area contributed by atoms with E-state index in [9.17, 15) is 5.11 Å². The fraction of sp³-hybridized carbons (Fsp3) is 0.600. The van der Waals surface area contributed by atoms with E-state index in [0.717, 1.165) is 18.4 Å². The van der Waals surface area contributed by atoms with Crippen molar-refractivity contribution in [1.82, 2.24) is 0 Å². The Kier molecular flexibility index (Phi) is 5.17. The maximum Gasteiger partial charge on any atom is 0.102 e. The van der Waals surface area contributed by atoms with Crippen LogP contribution in [0.5, 0.6) is 0 Å². The van der Waals surface area contributed by atoms with Gasteiger partial charge in [-0.2, -0.15) is 0 Å². The van der Waals surface area contributed by atoms with Crippen LogP contribution in [0.1, 0.15) is 37.4 Å². The molecule has 1 aromatic rings. The van der Waals surface area contributed by atoms with Gasteiger partial charge < -0.3 is 15.6 Å². The molecule has 0 heterocycles. The number of rotatable bonds is 5. The van der Waals surface area contributed by atoms with E-state index in [-0.39, 0.29) is 6.10 Å². The zero-order valence-corrected chi connectivity index (χ0v) is 10.8. The Labute approximate surface area is 109 Å².